The normalized spacial score (nSPS) is 22.1. The minimum absolute atomic E-state index is 0.0347. The van der Waals surface area contributed by atoms with Gasteiger partial charge in [0, 0.05) is 27.9 Å². The molecule has 31 heavy (non-hydrogen) atoms. The van der Waals surface area contributed by atoms with Crippen LogP contribution in [0.15, 0.2) is 41.8 Å². The van der Waals surface area contributed by atoms with Gasteiger partial charge in [-0.25, -0.2) is 0 Å². The van der Waals surface area contributed by atoms with Crippen molar-refractivity contribution >= 4 is 33.3 Å². The van der Waals surface area contributed by atoms with Crippen LogP contribution < -0.4 is 5.32 Å². The number of benzene rings is 1. The van der Waals surface area contributed by atoms with Crippen LogP contribution in [0.1, 0.15) is 76.1 Å². The molecule has 168 valence electrons. The second kappa shape index (κ2) is 10.4. The van der Waals surface area contributed by atoms with E-state index in [4.69, 9.17) is 5.11 Å². The smallest absolute Gasteiger partial charge is 0.303 e. The number of carbonyl (C=O) groups excluding carboxylic acids is 1. The predicted octanol–water partition coefficient (Wildman–Crippen LogP) is 6.66. The lowest BCUT2D eigenvalue weighted by Gasteiger charge is -2.45. The lowest BCUT2D eigenvalue weighted by Crippen LogP contribution is -2.48. The highest BCUT2D eigenvalue weighted by molar-refractivity contribution is 7.17. The lowest BCUT2D eigenvalue weighted by atomic mass is 9.63. The molecule has 3 rings (SSSR count). The second-order valence-corrected chi connectivity index (χ2v) is 10.7. The number of amides is 1. The number of carbonyl (C=O) groups is 2. The number of allylic oxidation sites excluding steroid dienone is 2. The first-order valence-corrected chi connectivity index (χ1v) is 12.3. The fourth-order valence-corrected chi connectivity index (χ4v) is 5.93. The number of hydrogen-bond donors (Lipinski definition) is 2. The molecular weight excluding hydrogens is 406 g/mol. The number of carboxylic acids is 1. The summed E-state index contributed by atoms with van der Waals surface area (Å²) in [5.74, 6) is 0.220. The van der Waals surface area contributed by atoms with Crippen molar-refractivity contribution in [2.45, 2.75) is 71.8 Å². The van der Waals surface area contributed by atoms with E-state index < -0.39 is 5.97 Å². The van der Waals surface area contributed by atoms with E-state index in [0.717, 1.165) is 41.3 Å². The summed E-state index contributed by atoms with van der Waals surface area (Å²) < 4.78 is 1.14. The van der Waals surface area contributed by atoms with Crippen LogP contribution in [0.5, 0.6) is 0 Å². The van der Waals surface area contributed by atoms with Gasteiger partial charge in [0.25, 0.3) is 5.91 Å². The lowest BCUT2D eigenvalue weighted by molar-refractivity contribution is -0.137. The van der Waals surface area contributed by atoms with Gasteiger partial charge in [-0.05, 0) is 55.4 Å². The minimum Gasteiger partial charge on any atom is -0.481 e. The topological polar surface area (TPSA) is 66.4 Å². The van der Waals surface area contributed by atoms with Crippen LogP contribution in [0.2, 0.25) is 0 Å². The monoisotopic (exact) mass is 441 g/mol. The number of carboxylic acid groups (broad SMARTS) is 1. The first-order chi connectivity index (χ1) is 14.8. The standard InChI is InChI=1S/C26H35NO3S/c1-26(2,3)21-13-10-14-22(19(21)12-6-4-5-7-16-24(28)29)27-25(30)20-17-31-23-15-9-8-11-18(20)23/h4,6,8-9,11,15,17,19,21-22H,5,7,10,12-14,16H2,1-3H3,(H,27,30)(H,28,29)/t19-,21-,22?/m0/s1. The fraction of sp³-hybridized carbons (Fsp3) is 0.538. The van der Waals surface area contributed by atoms with E-state index in [1.165, 1.54) is 6.42 Å². The predicted molar refractivity (Wildman–Crippen MR) is 129 cm³/mol. The van der Waals surface area contributed by atoms with Crippen molar-refractivity contribution in [2.75, 3.05) is 0 Å². The summed E-state index contributed by atoms with van der Waals surface area (Å²) in [7, 11) is 0. The molecule has 1 saturated carbocycles. The van der Waals surface area contributed by atoms with Crippen molar-refractivity contribution in [3.05, 3.63) is 47.4 Å². The van der Waals surface area contributed by atoms with Crippen molar-refractivity contribution in [3.8, 4) is 0 Å². The maximum Gasteiger partial charge on any atom is 0.303 e. The maximum absolute atomic E-state index is 13.2. The van der Waals surface area contributed by atoms with Crippen LogP contribution in [0.3, 0.4) is 0 Å². The number of fused-ring (bicyclic) bond motifs is 1. The number of thiophene rings is 1. The van der Waals surface area contributed by atoms with Gasteiger partial charge in [-0.1, -0.05) is 57.5 Å². The molecule has 1 aromatic carbocycles. The first-order valence-electron chi connectivity index (χ1n) is 11.4. The van der Waals surface area contributed by atoms with Gasteiger partial charge in [0.15, 0.2) is 0 Å². The molecule has 1 aliphatic carbocycles. The number of hydrogen-bond acceptors (Lipinski definition) is 3. The van der Waals surface area contributed by atoms with Crippen molar-refractivity contribution in [1.29, 1.82) is 0 Å². The quantitative estimate of drug-likeness (QED) is 0.355. The van der Waals surface area contributed by atoms with Gasteiger partial charge in [0.2, 0.25) is 0 Å². The molecule has 1 unspecified atom stereocenters. The third-order valence-corrected chi connectivity index (χ3v) is 7.52. The van der Waals surface area contributed by atoms with E-state index in [1.807, 2.05) is 23.6 Å². The Morgan fingerprint density at radius 3 is 2.71 bits per heavy atom. The zero-order valence-electron chi connectivity index (χ0n) is 18.9. The Labute approximate surface area is 189 Å². The highest BCUT2D eigenvalue weighted by Gasteiger charge is 2.39. The third kappa shape index (κ3) is 6.19. The van der Waals surface area contributed by atoms with E-state index in [0.29, 0.717) is 18.3 Å². The van der Waals surface area contributed by atoms with Crippen molar-refractivity contribution in [3.63, 3.8) is 0 Å². The van der Waals surface area contributed by atoms with Crippen LogP contribution in [0, 0.1) is 17.3 Å². The SMILES string of the molecule is CC(C)(C)[C@H]1CCCC(NC(=O)c2csc3ccccc23)[C@H]1CC=CCCCC(=O)O. The van der Waals surface area contributed by atoms with Gasteiger partial charge in [-0.2, -0.15) is 0 Å². The molecule has 1 heterocycles. The summed E-state index contributed by atoms with van der Waals surface area (Å²) >= 11 is 1.62. The Hall–Kier alpha value is -2.14. The Kier molecular flexibility index (Phi) is 7.93. The molecule has 4 nitrogen and oxygen atoms in total. The molecule has 0 bridgehead atoms. The Morgan fingerprint density at radius 1 is 1.19 bits per heavy atom. The zero-order valence-corrected chi connectivity index (χ0v) is 19.7. The van der Waals surface area contributed by atoms with Gasteiger partial charge >= 0.3 is 5.97 Å². The van der Waals surface area contributed by atoms with Gasteiger partial charge in [-0.15, -0.1) is 11.3 Å². The Bertz CT molecular complexity index is 924. The van der Waals surface area contributed by atoms with Crippen LogP contribution in [-0.4, -0.2) is 23.0 Å². The molecule has 3 atom stereocenters. The molecule has 0 aliphatic heterocycles. The zero-order chi connectivity index (χ0) is 22.4. The van der Waals surface area contributed by atoms with Crippen molar-refractivity contribution < 1.29 is 14.7 Å². The highest BCUT2D eigenvalue weighted by atomic mass is 32.1. The minimum atomic E-state index is -0.739. The molecule has 5 heteroatoms. The second-order valence-electron chi connectivity index (χ2n) is 9.79. The Morgan fingerprint density at radius 2 is 1.97 bits per heavy atom. The van der Waals surface area contributed by atoms with Crippen LogP contribution in [-0.2, 0) is 4.79 Å². The van der Waals surface area contributed by atoms with E-state index >= 15 is 0 Å². The molecule has 1 aliphatic rings. The summed E-state index contributed by atoms with van der Waals surface area (Å²) in [6.07, 6.45) is 10.2. The maximum atomic E-state index is 13.2. The molecule has 0 spiro atoms. The Balaban J connectivity index is 1.71. The molecule has 0 saturated heterocycles. The van der Waals surface area contributed by atoms with Gasteiger partial charge in [0.05, 0.1) is 5.56 Å². The van der Waals surface area contributed by atoms with Crippen LogP contribution >= 0.6 is 11.3 Å². The summed E-state index contributed by atoms with van der Waals surface area (Å²) in [5, 5.41) is 15.2. The van der Waals surface area contributed by atoms with Gasteiger partial charge in [-0.3, -0.25) is 9.59 Å². The average Bonchev–Trinajstić information content (AvgIpc) is 3.14. The van der Waals surface area contributed by atoms with Crippen molar-refractivity contribution in [1.82, 2.24) is 5.32 Å². The van der Waals surface area contributed by atoms with Crippen LogP contribution in [0.4, 0.5) is 0 Å². The first kappa shape index (κ1) is 23.5. The number of nitrogens with one attached hydrogen (secondary N) is 1. The van der Waals surface area contributed by atoms with Gasteiger partial charge in [0.1, 0.15) is 0 Å². The summed E-state index contributed by atoms with van der Waals surface area (Å²) in [6, 6.07) is 8.24. The van der Waals surface area contributed by atoms with E-state index in [1.54, 1.807) is 11.3 Å². The molecule has 2 aromatic rings. The highest BCUT2D eigenvalue weighted by Crippen LogP contribution is 2.43. The molecule has 1 fully saturated rings. The van der Waals surface area contributed by atoms with E-state index in [2.05, 4.69) is 44.3 Å². The van der Waals surface area contributed by atoms with Crippen molar-refractivity contribution in [2.24, 2.45) is 17.3 Å². The van der Waals surface area contributed by atoms with Crippen LogP contribution in [0.25, 0.3) is 10.1 Å². The third-order valence-electron chi connectivity index (χ3n) is 6.55. The summed E-state index contributed by atoms with van der Waals surface area (Å²) in [5.41, 5.74) is 0.960. The fourth-order valence-electron chi connectivity index (χ4n) is 4.99. The number of unbranched alkanes of at least 4 members (excludes halogenated alkanes) is 1. The molecule has 1 amide bonds. The number of aliphatic carboxylic acids is 1. The molecule has 1 aromatic heterocycles. The average molecular weight is 442 g/mol. The molecular formula is C26H35NO3S. The molecule has 2 N–H and O–H groups in total. The molecule has 0 radical (unpaired) electrons. The summed E-state index contributed by atoms with van der Waals surface area (Å²) in [4.78, 5) is 23.9. The summed E-state index contributed by atoms with van der Waals surface area (Å²) in [6.45, 7) is 6.91. The largest absolute Gasteiger partial charge is 0.481 e. The number of rotatable bonds is 8. The van der Waals surface area contributed by atoms with E-state index in [-0.39, 0.29) is 23.8 Å². The van der Waals surface area contributed by atoms with E-state index in [9.17, 15) is 9.59 Å². The van der Waals surface area contributed by atoms with Gasteiger partial charge < -0.3 is 10.4 Å².